The summed E-state index contributed by atoms with van der Waals surface area (Å²) in [6.07, 6.45) is 1.54. The molecule has 2 aromatic carbocycles. The molecule has 3 amide bonds. The molecule has 3 aromatic rings. The van der Waals surface area contributed by atoms with Gasteiger partial charge in [0, 0.05) is 43.0 Å². The minimum Gasteiger partial charge on any atom is -0.325 e. The molecule has 4 rings (SSSR count). The summed E-state index contributed by atoms with van der Waals surface area (Å²) in [5, 5.41) is 2.74. The van der Waals surface area contributed by atoms with E-state index in [1.807, 2.05) is 4.72 Å². The maximum Gasteiger partial charge on any atom is 0.330 e. The van der Waals surface area contributed by atoms with E-state index >= 15 is 0 Å². The van der Waals surface area contributed by atoms with Gasteiger partial charge in [0.2, 0.25) is 5.91 Å². The normalized spacial score (nSPS) is 13.2. The van der Waals surface area contributed by atoms with Gasteiger partial charge in [-0.3, -0.25) is 4.79 Å². The molecule has 208 valence electrons. The van der Waals surface area contributed by atoms with Gasteiger partial charge in [0.15, 0.2) is 0 Å². The summed E-state index contributed by atoms with van der Waals surface area (Å²) in [6.45, 7) is 1.87. The van der Waals surface area contributed by atoms with E-state index in [9.17, 15) is 26.8 Å². The van der Waals surface area contributed by atoms with Crippen molar-refractivity contribution in [1.29, 1.82) is 0 Å². The number of aromatic nitrogens is 1. The summed E-state index contributed by atoms with van der Waals surface area (Å²) in [7, 11) is -2.93. The Balaban J connectivity index is 0.00000420. The molecule has 2 heterocycles. The number of hydrogen-bond acceptors (Lipinski definition) is 5. The Morgan fingerprint density at radius 2 is 1.85 bits per heavy atom. The predicted molar refractivity (Wildman–Crippen MR) is 150 cm³/mol. The Morgan fingerprint density at radius 3 is 2.51 bits per heavy atom. The van der Waals surface area contributed by atoms with Crippen LogP contribution in [-0.4, -0.2) is 45.0 Å². The average Bonchev–Trinajstić information content (AvgIpc) is 3.29. The molecule has 9 nitrogen and oxygen atoms in total. The molecule has 0 unspecified atom stereocenters. The lowest BCUT2D eigenvalue weighted by Crippen LogP contribution is -2.54. The number of rotatable bonds is 7. The third-order valence-electron chi connectivity index (χ3n) is 6.04. The Labute approximate surface area is 236 Å². The van der Waals surface area contributed by atoms with E-state index in [2.05, 4.69) is 10.3 Å². The fraction of sp³-hybridized carbons (Fsp3) is 0.240. The van der Waals surface area contributed by atoms with E-state index in [1.165, 1.54) is 18.1 Å². The summed E-state index contributed by atoms with van der Waals surface area (Å²) in [6, 6.07) is 8.44. The fourth-order valence-electron chi connectivity index (χ4n) is 4.09. The van der Waals surface area contributed by atoms with Gasteiger partial charge in [0.1, 0.15) is 23.5 Å². The molecule has 0 radical (unpaired) electrons. The zero-order chi connectivity index (χ0) is 27.6. The van der Waals surface area contributed by atoms with Gasteiger partial charge in [-0.2, -0.15) is 21.9 Å². The second kappa shape index (κ2) is 12.2. The number of pyridine rings is 1. The van der Waals surface area contributed by atoms with Crippen LogP contribution in [0.25, 0.3) is 0 Å². The summed E-state index contributed by atoms with van der Waals surface area (Å²) < 4.78 is 56.4. The van der Waals surface area contributed by atoms with Crippen LogP contribution < -0.4 is 19.2 Å². The fourth-order valence-corrected chi connectivity index (χ4v) is 5.39. The Bertz CT molecular complexity index is 1490. The number of aryl methyl sites for hydroxylation is 1. The lowest BCUT2D eigenvalue weighted by Gasteiger charge is -2.26. The average molecular weight is 598 g/mol. The van der Waals surface area contributed by atoms with Crippen LogP contribution in [0.15, 0.2) is 54.7 Å². The van der Waals surface area contributed by atoms with Crippen LogP contribution in [0.3, 0.4) is 0 Å². The number of hydrogen-bond donors (Lipinski definition) is 2. The van der Waals surface area contributed by atoms with Crippen molar-refractivity contribution in [2.24, 2.45) is 0 Å². The molecule has 2 N–H and O–H groups in total. The van der Waals surface area contributed by atoms with E-state index in [1.54, 1.807) is 37.3 Å². The molecule has 1 aliphatic rings. The van der Waals surface area contributed by atoms with Crippen molar-refractivity contribution in [1.82, 2.24) is 15.0 Å². The molecular formula is C25H26ClF2N5O4S2. The zero-order valence-electron chi connectivity index (χ0n) is 20.9. The molecule has 0 saturated heterocycles. The molecule has 1 aromatic heterocycles. The molecule has 0 spiro atoms. The molecule has 0 aliphatic carbocycles. The number of halogens is 3. The predicted octanol–water partition coefficient (Wildman–Crippen LogP) is 3.62. The highest BCUT2D eigenvalue weighted by atomic mass is 35.5. The van der Waals surface area contributed by atoms with Crippen molar-refractivity contribution < 1.29 is 26.8 Å². The first-order chi connectivity index (χ1) is 17.9. The molecule has 0 bridgehead atoms. The summed E-state index contributed by atoms with van der Waals surface area (Å²) in [5.41, 5.74) is 1.97. The van der Waals surface area contributed by atoms with E-state index in [4.69, 9.17) is 11.6 Å². The highest BCUT2D eigenvalue weighted by Crippen LogP contribution is 2.27. The smallest absolute Gasteiger partial charge is 0.325 e. The van der Waals surface area contributed by atoms with Gasteiger partial charge in [-0.05, 0) is 60.4 Å². The number of amides is 3. The van der Waals surface area contributed by atoms with Crippen molar-refractivity contribution in [3.05, 3.63) is 88.1 Å². The number of benzene rings is 2. The van der Waals surface area contributed by atoms with Crippen molar-refractivity contribution in [2.75, 3.05) is 22.8 Å². The Morgan fingerprint density at radius 1 is 1.15 bits per heavy atom. The van der Waals surface area contributed by atoms with E-state index in [0.717, 1.165) is 22.0 Å². The Kier molecular flexibility index (Phi) is 9.41. The lowest BCUT2D eigenvalue weighted by atomic mass is 10.0. The number of likely N-dealkylation sites (N-methyl/N-ethyl adjacent to an activating group) is 1. The van der Waals surface area contributed by atoms with Crippen LogP contribution in [0.1, 0.15) is 16.7 Å². The van der Waals surface area contributed by atoms with E-state index < -0.39 is 39.8 Å². The third-order valence-corrected chi connectivity index (χ3v) is 7.83. The molecule has 0 fully saturated rings. The van der Waals surface area contributed by atoms with Crippen molar-refractivity contribution in [3.63, 3.8) is 0 Å². The first kappa shape index (κ1) is 30.1. The largest absolute Gasteiger partial charge is 0.330 e. The summed E-state index contributed by atoms with van der Waals surface area (Å²) in [5.74, 6) is -2.20. The highest BCUT2D eigenvalue weighted by molar-refractivity contribution is 7.91. The second-order valence-corrected chi connectivity index (χ2v) is 10.8. The number of carbonyl (C=O) groups is 2. The number of nitrogens with zero attached hydrogens (tertiary/aromatic N) is 3. The van der Waals surface area contributed by atoms with Crippen LogP contribution in [0.5, 0.6) is 0 Å². The molecule has 1 atom stereocenters. The summed E-state index contributed by atoms with van der Waals surface area (Å²) >= 11 is 6.18. The van der Waals surface area contributed by atoms with Crippen molar-refractivity contribution in [3.8, 4) is 0 Å². The number of urea groups is 1. The molecule has 0 saturated carbocycles. The first-order valence-electron chi connectivity index (χ1n) is 11.5. The van der Waals surface area contributed by atoms with Gasteiger partial charge in [-0.25, -0.2) is 27.6 Å². The molecular weight excluding hydrogens is 572 g/mol. The van der Waals surface area contributed by atoms with Crippen molar-refractivity contribution >= 4 is 58.7 Å². The van der Waals surface area contributed by atoms with Crippen LogP contribution in [0.2, 0.25) is 5.02 Å². The molecule has 1 aliphatic heterocycles. The van der Waals surface area contributed by atoms with Crippen LogP contribution in [-0.2, 0) is 27.8 Å². The number of fused-ring (bicyclic) bond motifs is 1. The van der Waals surface area contributed by atoms with Crippen LogP contribution >= 0.6 is 25.1 Å². The maximum absolute atomic E-state index is 13.8. The highest BCUT2D eigenvalue weighted by Gasteiger charge is 2.33. The minimum atomic E-state index is -4.37. The summed E-state index contributed by atoms with van der Waals surface area (Å²) in [4.78, 5) is 31.5. The number of anilines is 2. The quantitative estimate of drug-likeness (QED) is 0.432. The van der Waals surface area contributed by atoms with Gasteiger partial charge in [0.25, 0.3) is 0 Å². The number of carbonyl (C=O) groups excluding carboxylic acids is 2. The van der Waals surface area contributed by atoms with E-state index in [-0.39, 0.29) is 37.8 Å². The van der Waals surface area contributed by atoms with Gasteiger partial charge >= 0.3 is 16.2 Å². The van der Waals surface area contributed by atoms with E-state index in [0.29, 0.717) is 28.8 Å². The second-order valence-electron chi connectivity index (χ2n) is 8.75. The molecule has 39 heavy (non-hydrogen) atoms. The van der Waals surface area contributed by atoms with Gasteiger partial charge in [0.05, 0.1) is 0 Å². The standard InChI is InChI=1S/C25H24ClF2N5O4S.H2S/c1-15-5-6-20(14-21(15)26)32(2)24(34)22(12-16-10-18(27)13-19(28)11-16)30-25(35)31-38(36,37)33-9-7-17-4-3-8-29-23(17)33;/h3-6,8,10-11,13-14,22H,7,9,12H2,1-2H3,(H2,30,31,35);1H2/t22-;/m0./s1. The number of nitrogens with one attached hydrogen (secondary N) is 2. The van der Waals surface area contributed by atoms with Crippen LogP contribution in [0.4, 0.5) is 25.1 Å². The monoisotopic (exact) mass is 597 g/mol. The SMILES string of the molecule is Cc1ccc(N(C)C(=O)[C@H](Cc2cc(F)cc(F)c2)NC(=O)NS(=O)(=O)N2CCc3cccnc32)cc1Cl.S. The maximum atomic E-state index is 13.8. The Hall–Kier alpha value is -3.42. The van der Waals surface area contributed by atoms with Gasteiger partial charge in [-0.1, -0.05) is 23.7 Å². The van der Waals surface area contributed by atoms with Crippen LogP contribution in [0, 0.1) is 18.6 Å². The van der Waals surface area contributed by atoms with Crippen molar-refractivity contribution in [2.45, 2.75) is 25.8 Å². The topological polar surface area (TPSA) is 112 Å². The first-order valence-corrected chi connectivity index (χ1v) is 13.3. The minimum absolute atomic E-state index is 0. The van der Waals surface area contributed by atoms with Gasteiger partial charge in [-0.15, -0.1) is 0 Å². The van der Waals surface area contributed by atoms with Gasteiger partial charge < -0.3 is 10.2 Å². The lowest BCUT2D eigenvalue weighted by molar-refractivity contribution is -0.120. The zero-order valence-corrected chi connectivity index (χ0v) is 23.5. The molecule has 14 heteroatoms. The third kappa shape index (κ3) is 6.97.